The monoisotopic (exact) mass is 475 g/mol. The Hall–Kier alpha value is -2.66. The molecule has 0 N–H and O–H groups in total. The van der Waals surface area contributed by atoms with E-state index in [1.807, 2.05) is 31.2 Å². The maximum atomic E-state index is 13.5. The van der Waals surface area contributed by atoms with Gasteiger partial charge in [-0.05, 0) is 41.6 Å². The van der Waals surface area contributed by atoms with Crippen LogP contribution in [0.2, 0.25) is 0 Å². The Kier molecular flexibility index (Phi) is 6.28. The maximum Gasteiger partial charge on any atom is 0.424 e. The highest BCUT2D eigenvalue weighted by Gasteiger charge is 2.35. The molecular formula is C20H17F4NO4S2. The molecule has 11 heteroatoms. The van der Waals surface area contributed by atoms with Crippen LogP contribution in [0.5, 0.6) is 0 Å². The van der Waals surface area contributed by atoms with Gasteiger partial charge in [0.15, 0.2) is 0 Å². The highest BCUT2D eigenvalue weighted by molar-refractivity contribution is 7.88. The quantitative estimate of drug-likeness (QED) is 0.460. The second-order valence-electron chi connectivity index (χ2n) is 6.78. The molecule has 0 fully saturated rings. The van der Waals surface area contributed by atoms with Crippen molar-refractivity contribution >= 4 is 37.5 Å². The number of ether oxygens (including phenoxy) is 1. The summed E-state index contributed by atoms with van der Waals surface area (Å²) in [5.41, 5.74) is -0.880. The smallest absolute Gasteiger partial charge is 0.424 e. The van der Waals surface area contributed by atoms with E-state index in [0.717, 1.165) is 28.0 Å². The average Bonchev–Trinajstić information content (AvgIpc) is 2.99. The van der Waals surface area contributed by atoms with Crippen molar-refractivity contribution in [1.82, 2.24) is 4.31 Å². The van der Waals surface area contributed by atoms with E-state index in [1.165, 1.54) is 11.3 Å². The molecule has 0 unspecified atom stereocenters. The Balaban J connectivity index is 1.81. The van der Waals surface area contributed by atoms with Crippen LogP contribution < -0.4 is 0 Å². The van der Waals surface area contributed by atoms with Gasteiger partial charge in [0, 0.05) is 9.58 Å². The number of sulfonamides is 1. The van der Waals surface area contributed by atoms with E-state index in [2.05, 4.69) is 0 Å². The number of hydrogen-bond donors (Lipinski definition) is 0. The molecule has 3 aromatic rings. The lowest BCUT2D eigenvalue weighted by Gasteiger charge is -2.20. The lowest BCUT2D eigenvalue weighted by Crippen LogP contribution is -2.36. The first-order valence-corrected chi connectivity index (χ1v) is 11.5. The van der Waals surface area contributed by atoms with Gasteiger partial charge in [-0.1, -0.05) is 24.3 Å². The molecule has 2 aromatic carbocycles. The number of carbonyl (C=O) groups is 1. The van der Waals surface area contributed by atoms with E-state index >= 15 is 0 Å². The summed E-state index contributed by atoms with van der Waals surface area (Å²) in [6.07, 6.45) is -5.47. The van der Waals surface area contributed by atoms with Crippen molar-refractivity contribution in [2.45, 2.75) is 26.3 Å². The highest BCUT2D eigenvalue weighted by Crippen LogP contribution is 2.33. The minimum absolute atomic E-state index is 0.201. The largest absolute Gasteiger partial charge is 0.443 e. The maximum absolute atomic E-state index is 13.5. The summed E-state index contributed by atoms with van der Waals surface area (Å²) in [4.78, 5) is 13.2. The molecule has 0 bridgehead atoms. The number of halogens is 4. The molecule has 0 saturated carbocycles. The fourth-order valence-electron chi connectivity index (χ4n) is 2.93. The Labute approximate surface area is 179 Å². The molecule has 5 nitrogen and oxygen atoms in total. The summed E-state index contributed by atoms with van der Waals surface area (Å²) in [7, 11) is -4.17. The van der Waals surface area contributed by atoms with Crippen LogP contribution >= 0.6 is 11.3 Å². The third-order valence-electron chi connectivity index (χ3n) is 4.54. The zero-order valence-corrected chi connectivity index (χ0v) is 18.0. The molecule has 3 rings (SSSR count). The molecule has 1 aromatic heterocycles. The Morgan fingerprint density at radius 1 is 1.16 bits per heavy atom. The Morgan fingerprint density at radius 2 is 1.84 bits per heavy atom. The number of alkyl halides is 3. The van der Waals surface area contributed by atoms with Crippen LogP contribution in [0, 0.1) is 12.7 Å². The zero-order valence-electron chi connectivity index (χ0n) is 16.4. The third-order valence-corrected chi connectivity index (χ3v) is 6.86. The van der Waals surface area contributed by atoms with Gasteiger partial charge in [-0.3, -0.25) is 0 Å². The van der Waals surface area contributed by atoms with Crippen molar-refractivity contribution in [3.05, 3.63) is 69.8 Å². The lowest BCUT2D eigenvalue weighted by molar-refractivity contribution is -0.140. The van der Waals surface area contributed by atoms with Crippen molar-refractivity contribution in [2.24, 2.45) is 0 Å². The molecule has 0 atom stereocenters. The lowest BCUT2D eigenvalue weighted by atomic mass is 10.1. The van der Waals surface area contributed by atoms with Gasteiger partial charge >= 0.3 is 12.3 Å². The third kappa shape index (κ3) is 5.16. The predicted octanol–water partition coefficient (Wildman–Crippen LogP) is 5.47. The molecular weight excluding hydrogens is 458 g/mol. The molecule has 166 valence electrons. The molecule has 0 aliphatic heterocycles. The summed E-state index contributed by atoms with van der Waals surface area (Å²) >= 11 is 1.38. The number of aryl methyl sites for hydroxylation is 1. The number of rotatable bonds is 5. The van der Waals surface area contributed by atoms with Crippen LogP contribution in [0.3, 0.4) is 0 Å². The molecule has 0 saturated heterocycles. The van der Waals surface area contributed by atoms with E-state index in [0.29, 0.717) is 21.3 Å². The number of amides is 1. The van der Waals surface area contributed by atoms with Gasteiger partial charge < -0.3 is 4.74 Å². The van der Waals surface area contributed by atoms with Gasteiger partial charge in [0.2, 0.25) is 10.0 Å². The van der Waals surface area contributed by atoms with Gasteiger partial charge in [0.05, 0.1) is 18.4 Å². The second-order valence-corrected chi connectivity index (χ2v) is 9.83. The van der Waals surface area contributed by atoms with E-state index < -0.39 is 40.2 Å². The first kappa shape index (κ1) is 23.0. The van der Waals surface area contributed by atoms with Gasteiger partial charge in [-0.25, -0.2) is 21.9 Å². The van der Waals surface area contributed by atoms with Gasteiger partial charge in [0.1, 0.15) is 12.4 Å². The normalized spacial score (nSPS) is 12.2. The number of nitrogens with zero attached hydrogens (tertiary/aromatic N) is 1. The van der Waals surface area contributed by atoms with E-state index in [9.17, 15) is 30.8 Å². The number of carbonyl (C=O) groups excluding carboxylic acids is 1. The topological polar surface area (TPSA) is 63.7 Å². The summed E-state index contributed by atoms with van der Waals surface area (Å²) in [6.45, 7) is 0.910. The minimum atomic E-state index is -4.96. The van der Waals surface area contributed by atoms with Gasteiger partial charge in [-0.15, -0.1) is 11.3 Å². The molecule has 0 radical (unpaired) electrons. The van der Waals surface area contributed by atoms with Crippen LogP contribution in [0.25, 0.3) is 10.1 Å². The van der Waals surface area contributed by atoms with Crippen LogP contribution in [0.15, 0.2) is 42.5 Å². The van der Waals surface area contributed by atoms with Crippen molar-refractivity contribution in [3.63, 3.8) is 0 Å². The molecule has 1 heterocycles. The number of benzene rings is 2. The van der Waals surface area contributed by atoms with Crippen molar-refractivity contribution in [1.29, 1.82) is 0 Å². The predicted molar refractivity (Wildman–Crippen MR) is 109 cm³/mol. The van der Waals surface area contributed by atoms with Crippen LogP contribution in [-0.4, -0.2) is 25.1 Å². The average molecular weight is 475 g/mol. The number of fused-ring (bicyclic) bond motifs is 1. The molecule has 0 aliphatic carbocycles. The standard InChI is InChI=1S/C20H17F4NO4S2/c1-12-14-5-3-4-6-17(14)30-18(12)11-29-19(26)25(31(2,27)28)10-13-7-8-16(21)15(9-13)20(22,23)24/h3-9H,10-11H2,1-2H3. The van der Waals surface area contributed by atoms with E-state index in [-0.39, 0.29) is 12.2 Å². The molecule has 31 heavy (non-hydrogen) atoms. The number of hydrogen-bond acceptors (Lipinski definition) is 5. The summed E-state index contributed by atoms with van der Waals surface area (Å²) in [5.74, 6) is -1.50. The second kappa shape index (κ2) is 8.46. The SMILES string of the molecule is Cc1c(COC(=O)N(Cc2ccc(F)c(C(F)(F)F)c2)S(C)(=O)=O)sc2ccccc12. The number of thiophene rings is 1. The first-order chi connectivity index (χ1) is 14.4. The van der Waals surface area contributed by atoms with Gasteiger partial charge in [0.25, 0.3) is 0 Å². The van der Waals surface area contributed by atoms with E-state index in [4.69, 9.17) is 4.74 Å². The Bertz CT molecular complexity index is 1240. The summed E-state index contributed by atoms with van der Waals surface area (Å²) in [5, 5.41) is 0.976. The van der Waals surface area contributed by atoms with E-state index in [1.54, 1.807) is 0 Å². The minimum Gasteiger partial charge on any atom is -0.443 e. The van der Waals surface area contributed by atoms with Crippen molar-refractivity contribution in [2.75, 3.05) is 6.26 Å². The summed E-state index contributed by atoms with van der Waals surface area (Å²) in [6, 6.07) is 9.54. The fourth-order valence-corrected chi connectivity index (χ4v) is 4.76. The van der Waals surface area contributed by atoms with Gasteiger partial charge in [-0.2, -0.15) is 13.2 Å². The van der Waals surface area contributed by atoms with Crippen LogP contribution in [0.1, 0.15) is 21.6 Å². The molecule has 0 aliphatic rings. The fraction of sp³-hybridized carbons (Fsp3) is 0.250. The highest BCUT2D eigenvalue weighted by atomic mass is 32.2. The van der Waals surface area contributed by atoms with Crippen LogP contribution in [0.4, 0.5) is 22.4 Å². The molecule has 0 spiro atoms. The van der Waals surface area contributed by atoms with Crippen molar-refractivity contribution in [3.8, 4) is 0 Å². The summed E-state index contributed by atoms with van der Waals surface area (Å²) < 4.78 is 82.9. The van der Waals surface area contributed by atoms with Crippen LogP contribution in [-0.2, 0) is 34.1 Å². The zero-order chi connectivity index (χ0) is 23.0. The Morgan fingerprint density at radius 3 is 2.45 bits per heavy atom. The van der Waals surface area contributed by atoms with Crippen molar-refractivity contribution < 1.29 is 35.5 Å². The molecule has 1 amide bonds. The first-order valence-electron chi connectivity index (χ1n) is 8.85.